The predicted octanol–water partition coefficient (Wildman–Crippen LogP) is 2.73. The zero-order valence-electron chi connectivity index (χ0n) is 11.6. The van der Waals surface area contributed by atoms with Crippen molar-refractivity contribution in [1.82, 2.24) is 9.80 Å². The summed E-state index contributed by atoms with van der Waals surface area (Å²) in [6.45, 7) is 3.36. The van der Waals surface area contributed by atoms with E-state index in [1.165, 1.54) is 24.3 Å². The second kappa shape index (κ2) is 5.25. The maximum atomic E-state index is 11.8. The molecule has 3 rings (SSSR count). The fraction of sp³-hybridized carbons (Fsp3) is 0.667. The average Bonchev–Trinajstić information content (AvgIpc) is 2.93. The Hall–Kier alpha value is -0.870. The van der Waals surface area contributed by atoms with E-state index in [2.05, 4.69) is 22.4 Å². The summed E-state index contributed by atoms with van der Waals surface area (Å²) in [5, 5.41) is 2.15. The van der Waals surface area contributed by atoms with E-state index in [0.29, 0.717) is 5.91 Å². The summed E-state index contributed by atoms with van der Waals surface area (Å²) < 4.78 is 0. The predicted molar refractivity (Wildman–Crippen MR) is 78.2 cm³/mol. The van der Waals surface area contributed by atoms with Crippen LogP contribution in [0, 0.1) is 0 Å². The topological polar surface area (TPSA) is 23.6 Å². The molecular formula is C15H22N2OS. The van der Waals surface area contributed by atoms with Gasteiger partial charge in [0.25, 0.3) is 0 Å². The molecule has 0 saturated carbocycles. The van der Waals surface area contributed by atoms with Gasteiger partial charge in [0.2, 0.25) is 5.91 Å². The maximum absolute atomic E-state index is 11.8. The van der Waals surface area contributed by atoms with E-state index >= 15 is 0 Å². The van der Waals surface area contributed by atoms with Crippen LogP contribution in [-0.4, -0.2) is 41.4 Å². The van der Waals surface area contributed by atoms with Crippen LogP contribution in [0.1, 0.15) is 37.0 Å². The van der Waals surface area contributed by atoms with Crippen LogP contribution in [-0.2, 0) is 11.3 Å². The first-order valence-electron chi connectivity index (χ1n) is 7.21. The quantitative estimate of drug-likeness (QED) is 0.830. The lowest BCUT2D eigenvalue weighted by Crippen LogP contribution is -2.43. The Bertz CT molecular complexity index is 445. The van der Waals surface area contributed by atoms with Crippen molar-refractivity contribution in [2.45, 2.75) is 44.2 Å². The van der Waals surface area contributed by atoms with Crippen molar-refractivity contribution in [2.75, 3.05) is 20.1 Å². The minimum Gasteiger partial charge on any atom is -0.340 e. The second-order valence-electron chi connectivity index (χ2n) is 5.89. The molecular weight excluding hydrogens is 256 g/mol. The van der Waals surface area contributed by atoms with Crippen molar-refractivity contribution < 1.29 is 4.79 Å². The minimum atomic E-state index is 0.168. The summed E-state index contributed by atoms with van der Waals surface area (Å²) in [5.74, 6) is 0.340. The maximum Gasteiger partial charge on any atom is 0.222 e. The first kappa shape index (κ1) is 13.1. The third-order valence-corrected chi connectivity index (χ3v) is 5.72. The number of amides is 1. The Morgan fingerprint density at radius 3 is 2.89 bits per heavy atom. The summed E-state index contributed by atoms with van der Waals surface area (Å²) in [7, 11) is 2.00. The molecule has 0 bridgehead atoms. The van der Waals surface area contributed by atoms with Crippen LogP contribution in [0.5, 0.6) is 0 Å². The molecule has 2 saturated heterocycles. The third kappa shape index (κ3) is 2.56. The van der Waals surface area contributed by atoms with Crippen LogP contribution in [0.15, 0.2) is 17.5 Å². The summed E-state index contributed by atoms with van der Waals surface area (Å²) >= 11 is 1.84. The van der Waals surface area contributed by atoms with Gasteiger partial charge in [-0.1, -0.05) is 6.07 Å². The Morgan fingerprint density at radius 2 is 2.21 bits per heavy atom. The standard InChI is InChI=1S/C15H22N2OS/c1-16-14(18)5-7-15(16)6-3-9-17(10-8-15)12-13-4-2-11-19-13/h2,4,11H,3,5-10,12H2,1H3. The first-order chi connectivity index (χ1) is 9.20. The second-order valence-corrected chi connectivity index (χ2v) is 6.92. The monoisotopic (exact) mass is 278 g/mol. The van der Waals surface area contributed by atoms with Crippen LogP contribution in [0.25, 0.3) is 0 Å². The van der Waals surface area contributed by atoms with E-state index in [0.717, 1.165) is 32.4 Å². The fourth-order valence-electron chi connectivity index (χ4n) is 3.54. The van der Waals surface area contributed by atoms with E-state index < -0.39 is 0 Å². The molecule has 1 unspecified atom stereocenters. The lowest BCUT2D eigenvalue weighted by atomic mass is 9.88. The van der Waals surface area contributed by atoms with E-state index in [1.54, 1.807) is 0 Å². The lowest BCUT2D eigenvalue weighted by Gasteiger charge is -2.35. The van der Waals surface area contributed by atoms with Gasteiger partial charge < -0.3 is 4.90 Å². The van der Waals surface area contributed by atoms with Crippen LogP contribution in [0.2, 0.25) is 0 Å². The van der Waals surface area contributed by atoms with Gasteiger partial charge in [0, 0.05) is 37.0 Å². The largest absolute Gasteiger partial charge is 0.340 e. The smallest absolute Gasteiger partial charge is 0.222 e. The van der Waals surface area contributed by atoms with Crippen LogP contribution in [0.3, 0.4) is 0 Å². The molecule has 1 aromatic heterocycles. The zero-order chi connectivity index (χ0) is 13.3. The highest BCUT2D eigenvalue weighted by molar-refractivity contribution is 7.09. The van der Waals surface area contributed by atoms with Crippen molar-refractivity contribution in [3.63, 3.8) is 0 Å². The van der Waals surface area contributed by atoms with Gasteiger partial charge in [0.1, 0.15) is 0 Å². The summed E-state index contributed by atoms with van der Waals surface area (Å²) in [5.41, 5.74) is 0.168. The summed E-state index contributed by atoms with van der Waals surface area (Å²) in [4.78, 5) is 17.9. The molecule has 0 aliphatic carbocycles. The molecule has 2 aliphatic rings. The third-order valence-electron chi connectivity index (χ3n) is 4.86. The molecule has 1 spiro atoms. The molecule has 1 aromatic rings. The van der Waals surface area contributed by atoms with Gasteiger partial charge in [-0.25, -0.2) is 0 Å². The highest BCUT2D eigenvalue weighted by Gasteiger charge is 2.43. The molecule has 0 aromatic carbocycles. The molecule has 2 aliphatic heterocycles. The van der Waals surface area contributed by atoms with Gasteiger partial charge >= 0.3 is 0 Å². The number of carbonyl (C=O) groups is 1. The molecule has 3 nitrogen and oxygen atoms in total. The van der Waals surface area contributed by atoms with Gasteiger partial charge in [0.15, 0.2) is 0 Å². The van der Waals surface area contributed by atoms with Crippen LogP contribution in [0.4, 0.5) is 0 Å². The molecule has 0 radical (unpaired) electrons. The number of thiophene rings is 1. The highest BCUT2D eigenvalue weighted by atomic mass is 32.1. The van der Waals surface area contributed by atoms with Crippen LogP contribution < -0.4 is 0 Å². The van der Waals surface area contributed by atoms with Gasteiger partial charge in [-0.15, -0.1) is 11.3 Å². The van der Waals surface area contributed by atoms with Crippen LogP contribution >= 0.6 is 11.3 Å². The van der Waals surface area contributed by atoms with Gasteiger partial charge in [-0.2, -0.15) is 0 Å². The van der Waals surface area contributed by atoms with Gasteiger partial charge in [0.05, 0.1) is 0 Å². The minimum absolute atomic E-state index is 0.168. The highest BCUT2D eigenvalue weighted by Crippen LogP contribution is 2.38. The van der Waals surface area contributed by atoms with Crippen molar-refractivity contribution >= 4 is 17.2 Å². The van der Waals surface area contributed by atoms with Crippen molar-refractivity contribution in [2.24, 2.45) is 0 Å². The number of likely N-dealkylation sites (tertiary alicyclic amines) is 2. The molecule has 0 N–H and O–H groups in total. The summed E-state index contributed by atoms with van der Waals surface area (Å²) in [6.07, 6.45) is 5.34. The Balaban J connectivity index is 1.64. The normalized spacial score (nSPS) is 29.1. The van der Waals surface area contributed by atoms with E-state index in [1.807, 2.05) is 23.3 Å². The Kier molecular flexibility index (Phi) is 3.63. The fourth-order valence-corrected chi connectivity index (χ4v) is 4.29. The SMILES string of the molecule is CN1C(=O)CCC12CCCN(Cc1cccs1)CC2. The van der Waals surface area contributed by atoms with Gasteiger partial charge in [-0.3, -0.25) is 9.69 Å². The van der Waals surface area contributed by atoms with E-state index in [4.69, 9.17) is 0 Å². The lowest BCUT2D eigenvalue weighted by molar-refractivity contribution is -0.129. The van der Waals surface area contributed by atoms with Crippen molar-refractivity contribution in [3.05, 3.63) is 22.4 Å². The number of nitrogens with zero attached hydrogens (tertiary/aromatic N) is 2. The molecule has 1 atom stereocenters. The first-order valence-corrected chi connectivity index (χ1v) is 8.09. The zero-order valence-corrected chi connectivity index (χ0v) is 12.4. The van der Waals surface area contributed by atoms with Gasteiger partial charge in [-0.05, 0) is 43.7 Å². The number of hydrogen-bond donors (Lipinski definition) is 0. The Labute approximate surface area is 119 Å². The average molecular weight is 278 g/mol. The molecule has 2 fully saturated rings. The molecule has 3 heterocycles. The molecule has 1 amide bonds. The molecule has 4 heteroatoms. The number of rotatable bonds is 2. The number of carbonyl (C=O) groups excluding carboxylic acids is 1. The molecule has 104 valence electrons. The van der Waals surface area contributed by atoms with Crippen molar-refractivity contribution in [3.8, 4) is 0 Å². The summed E-state index contributed by atoms with van der Waals surface area (Å²) in [6, 6.07) is 4.35. The molecule has 19 heavy (non-hydrogen) atoms. The Morgan fingerprint density at radius 1 is 1.32 bits per heavy atom. The van der Waals surface area contributed by atoms with E-state index in [9.17, 15) is 4.79 Å². The number of hydrogen-bond acceptors (Lipinski definition) is 3. The van der Waals surface area contributed by atoms with Crippen molar-refractivity contribution in [1.29, 1.82) is 0 Å². The van der Waals surface area contributed by atoms with E-state index in [-0.39, 0.29) is 5.54 Å².